The molecule has 1 rings (SSSR count). The first-order valence-electron chi connectivity index (χ1n) is 5.77. The summed E-state index contributed by atoms with van der Waals surface area (Å²) < 4.78 is 57.2. The van der Waals surface area contributed by atoms with Crippen LogP contribution < -0.4 is 5.32 Å². The molecule has 2 nitrogen and oxygen atoms in total. The van der Waals surface area contributed by atoms with E-state index in [4.69, 9.17) is 4.42 Å². The molecule has 6 heteroatoms. The Hall–Kier alpha value is -1.04. The maximum absolute atomic E-state index is 13.6. The lowest BCUT2D eigenvalue weighted by atomic mass is 10.0. The zero-order valence-corrected chi connectivity index (χ0v) is 10.6. The van der Waals surface area contributed by atoms with Gasteiger partial charge in [0, 0.05) is 5.56 Å². The number of hydrogen-bond donors (Lipinski definition) is 1. The lowest BCUT2D eigenvalue weighted by Crippen LogP contribution is -2.43. The summed E-state index contributed by atoms with van der Waals surface area (Å²) in [5.41, 5.74) is 0.0891. The van der Waals surface area contributed by atoms with Crippen molar-refractivity contribution in [3.05, 3.63) is 23.2 Å². The third kappa shape index (κ3) is 3.04. The van der Waals surface area contributed by atoms with E-state index < -0.39 is 18.4 Å². The van der Waals surface area contributed by atoms with Crippen molar-refractivity contribution >= 4 is 0 Å². The van der Waals surface area contributed by atoms with Crippen LogP contribution in [0.5, 0.6) is 0 Å². The summed E-state index contributed by atoms with van der Waals surface area (Å²) in [5.74, 6) is -3.46. The number of alkyl halides is 4. The Kier molecular flexibility index (Phi) is 4.78. The summed E-state index contributed by atoms with van der Waals surface area (Å²) >= 11 is 0. The van der Waals surface area contributed by atoms with Crippen LogP contribution in [-0.4, -0.2) is 18.9 Å². The van der Waals surface area contributed by atoms with E-state index in [1.807, 2.05) is 0 Å². The molecule has 0 fully saturated rings. The normalized spacial score (nSPS) is 14.2. The molecule has 1 heterocycles. The maximum atomic E-state index is 13.6. The average Bonchev–Trinajstić information content (AvgIpc) is 2.58. The lowest BCUT2D eigenvalue weighted by molar-refractivity contribution is -0.151. The van der Waals surface area contributed by atoms with E-state index in [1.165, 1.54) is 13.0 Å². The molecule has 0 aliphatic rings. The Bertz CT molecular complexity index is 389. The standard InChI is InChI=1S/C12H17F4NO/c1-4-5-17-10(12(15,16)11(13)14)9-6-7(2)18-8(9)3/h6,10-11,17H,4-5H2,1-3H3. The van der Waals surface area contributed by atoms with Crippen LogP contribution in [0.15, 0.2) is 10.5 Å². The molecule has 0 amide bonds. The van der Waals surface area contributed by atoms with Crippen LogP contribution in [0.1, 0.15) is 36.5 Å². The van der Waals surface area contributed by atoms with Gasteiger partial charge in [-0.3, -0.25) is 0 Å². The van der Waals surface area contributed by atoms with E-state index in [0.717, 1.165) is 0 Å². The van der Waals surface area contributed by atoms with Crippen LogP contribution in [0.3, 0.4) is 0 Å². The highest BCUT2D eigenvalue weighted by molar-refractivity contribution is 5.26. The smallest absolute Gasteiger partial charge is 0.326 e. The minimum absolute atomic E-state index is 0.0891. The minimum Gasteiger partial charge on any atom is -0.466 e. The predicted octanol–water partition coefficient (Wildman–Crippen LogP) is 3.84. The molecule has 0 saturated heterocycles. The van der Waals surface area contributed by atoms with Crippen molar-refractivity contribution in [1.82, 2.24) is 5.32 Å². The minimum atomic E-state index is -4.13. The van der Waals surface area contributed by atoms with Gasteiger partial charge in [-0.05, 0) is 32.9 Å². The zero-order chi connectivity index (χ0) is 13.9. The summed E-state index contributed by atoms with van der Waals surface area (Å²) in [5, 5.41) is 2.47. The molecule has 0 saturated carbocycles. The molecule has 104 valence electrons. The van der Waals surface area contributed by atoms with Crippen molar-refractivity contribution in [3.8, 4) is 0 Å². The Labute approximate surface area is 103 Å². The molecular formula is C12H17F4NO. The maximum Gasteiger partial charge on any atom is 0.326 e. The van der Waals surface area contributed by atoms with Gasteiger partial charge in [-0.25, -0.2) is 8.78 Å². The van der Waals surface area contributed by atoms with Crippen LogP contribution in [0, 0.1) is 13.8 Å². The summed E-state index contributed by atoms with van der Waals surface area (Å²) in [6.07, 6.45) is -3.15. The Morgan fingerprint density at radius 3 is 2.33 bits per heavy atom. The quantitative estimate of drug-likeness (QED) is 0.792. The van der Waals surface area contributed by atoms with Crippen LogP contribution in [0.2, 0.25) is 0 Å². The molecule has 0 radical (unpaired) electrons. The Morgan fingerprint density at radius 1 is 1.33 bits per heavy atom. The van der Waals surface area contributed by atoms with Crippen LogP contribution in [0.25, 0.3) is 0 Å². The van der Waals surface area contributed by atoms with E-state index in [2.05, 4.69) is 5.32 Å². The van der Waals surface area contributed by atoms with Gasteiger partial charge in [-0.15, -0.1) is 0 Å². The fraction of sp³-hybridized carbons (Fsp3) is 0.667. The highest BCUT2D eigenvalue weighted by Gasteiger charge is 2.50. The number of furan rings is 1. The predicted molar refractivity (Wildman–Crippen MR) is 60.2 cm³/mol. The van der Waals surface area contributed by atoms with Crippen LogP contribution in [0.4, 0.5) is 17.6 Å². The molecule has 1 N–H and O–H groups in total. The van der Waals surface area contributed by atoms with E-state index in [1.54, 1.807) is 13.8 Å². The van der Waals surface area contributed by atoms with Gasteiger partial charge >= 0.3 is 12.3 Å². The highest BCUT2D eigenvalue weighted by Crippen LogP contribution is 2.38. The molecule has 1 unspecified atom stereocenters. The van der Waals surface area contributed by atoms with Gasteiger partial charge < -0.3 is 9.73 Å². The highest BCUT2D eigenvalue weighted by atomic mass is 19.3. The molecule has 0 aliphatic carbocycles. The first-order chi connectivity index (χ1) is 8.30. The number of nitrogens with one attached hydrogen (secondary N) is 1. The summed E-state index contributed by atoms with van der Waals surface area (Å²) in [6, 6.07) is -0.353. The van der Waals surface area contributed by atoms with Gasteiger partial charge in [-0.1, -0.05) is 6.92 Å². The third-order valence-corrected chi connectivity index (χ3v) is 2.66. The Balaban J connectivity index is 3.09. The number of aryl methyl sites for hydroxylation is 2. The lowest BCUT2D eigenvalue weighted by Gasteiger charge is -2.27. The molecule has 18 heavy (non-hydrogen) atoms. The van der Waals surface area contributed by atoms with Gasteiger partial charge in [0.05, 0.1) is 0 Å². The first-order valence-corrected chi connectivity index (χ1v) is 5.77. The fourth-order valence-corrected chi connectivity index (χ4v) is 1.81. The summed E-state index contributed by atoms with van der Waals surface area (Å²) in [6.45, 7) is 5.09. The van der Waals surface area contributed by atoms with E-state index in [0.29, 0.717) is 12.2 Å². The molecule has 0 aliphatic heterocycles. The van der Waals surface area contributed by atoms with Crippen molar-refractivity contribution < 1.29 is 22.0 Å². The van der Waals surface area contributed by atoms with Crippen molar-refractivity contribution in [3.63, 3.8) is 0 Å². The van der Waals surface area contributed by atoms with Crippen molar-refractivity contribution in [2.45, 2.75) is 45.6 Å². The van der Waals surface area contributed by atoms with Crippen LogP contribution >= 0.6 is 0 Å². The summed E-state index contributed by atoms with van der Waals surface area (Å²) in [4.78, 5) is 0. The number of halogens is 4. The van der Waals surface area contributed by atoms with Crippen LogP contribution in [-0.2, 0) is 0 Å². The van der Waals surface area contributed by atoms with Gasteiger partial charge in [0.25, 0.3) is 0 Å². The molecule has 0 bridgehead atoms. The van der Waals surface area contributed by atoms with Gasteiger partial charge in [0.1, 0.15) is 17.6 Å². The Morgan fingerprint density at radius 2 is 1.94 bits per heavy atom. The second-order valence-electron chi connectivity index (χ2n) is 4.23. The number of hydrogen-bond acceptors (Lipinski definition) is 2. The van der Waals surface area contributed by atoms with Gasteiger partial charge in [-0.2, -0.15) is 8.78 Å². The molecule has 1 aromatic rings. The zero-order valence-electron chi connectivity index (χ0n) is 10.6. The van der Waals surface area contributed by atoms with E-state index in [-0.39, 0.29) is 17.9 Å². The largest absolute Gasteiger partial charge is 0.466 e. The fourth-order valence-electron chi connectivity index (χ4n) is 1.81. The number of rotatable bonds is 6. The second-order valence-corrected chi connectivity index (χ2v) is 4.23. The van der Waals surface area contributed by atoms with E-state index in [9.17, 15) is 17.6 Å². The monoisotopic (exact) mass is 267 g/mol. The molecule has 0 aromatic carbocycles. The topological polar surface area (TPSA) is 25.2 Å². The molecule has 0 spiro atoms. The third-order valence-electron chi connectivity index (χ3n) is 2.66. The molecular weight excluding hydrogens is 250 g/mol. The SMILES string of the molecule is CCCNC(c1cc(C)oc1C)C(F)(F)C(F)F. The first kappa shape index (κ1) is 15.0. The second kappa shape index (κ2) is 5.73. The van der Waals surface area contributed by atoms with Gasteiger partial charge in [0.15, 0.2) is 0 Å². The molecule has 1 atom stereocenters. The van der Waals surface area contributed by atoms with Crippen molar-refractivity contribution in [1.29, 1.82) is 0 Å². The van der Waals surface area contributed by atoms with E-state index >= 15 is 0 Å². The summed E-state index contributed by atoms with van der Waals surface area (Å²) in [7, 11) is 0. The van der Waals surface area contributed by atoms with Crippen molar-refractivity contribution in [2.24, 2.45) is 0 Å². The van der Waals surface area contributed by atoms with Gasteiger partial charge in [0.2, 0.25) is 0 Å². The molecule has 1 aromatic heterocycles. The average molecular weight is 267 g/mol. The van der Waals surface area contributed by atoms with Crippen molar-refractivity contribution in [2.75, 3.05) is 6.54 Å².